The molecule has 0 amide bonds. The summed E-state index contributed by atoms with van der Waals surface area (Å²) in [6, 6.07) is 1.14. The predicted octanol–water partition coefficient (Wildman–Crippen LogP) is 3.50. The van der Waals surface area contributed by atoms with Gasteiger partial charge in [-0.05, 0) is 50.5 Å². The van der Waals surface area contributed by atoms with Crippen molar-refractivity contribution in [3.8, 4) is 11.5 Å². The van der Waals surface area contributed by atoms with Crippen LogP contribution in [0.25, 0.3) is 22.6 Å². The highest BCUT2D eigenvalue weighted by Gasteiger charge is 2.46. The van der Waals surface area contributed by atoms with Gasteiger partial charge in [0.15, 0.2) is 23.1 Å². The van der Waals surface area contributed by atoms with Crippen LogP contribution in [0.15, 0.2) is 18.5 Å². The fraction of sp³-hybridized carbons (Fsp3) is 0.450. The Balaban J connectivity index is 1.51. The molecule has 0 spiro atoms. The Morgan fingerprint density at radius 2 is 1.90 bits per heavy atom. The van der Waals surface area contributed by atoms with Crippen LogP contribution in [0.5, 0.6) is 0 Å². The fourth-order valence-corrected chi connectivity index (χ4v) is 5.03. The van der Waals surface area contributed by atoms with Crippen LogP contribution in [0.1, 0.15) is 32.6 Å². The first-order chi connectivity index (χ1) is 14.0. The number of hydrogen-bond donors (Lipinski definition) is 2. The van der Waals surface area contributed by atoms with Crippen molar-refractivity contribution in [2.24, 2.45) is 17.8 Å². The molecule has 1 unspecified atom stereocenters. The first-order valence-corrected chi connectivity index (χ1v) is 9.81. The largest absolute Gasteiger partial charge is 0.364 e. The number of H-pyrrole nitrogens is 1. The van der Waals surface area contributed by atoms with E-state index in [9.17, 15) is 13.6 Å². The summed E-state index contributed by atoms with van der Waals surface area (Å²) in [5.74, 6) is -0.256. The normalized spacial score (nSPS) is 26.0. The predicted molar refractivity (Wildman–Crippen MR) is 102 cm³/mol. The van der Waals surface area contributed by atoms with Crippen molar-refractivity contribution in [2.45, 2.75) is 38.6 Å². The zero-order valence-corrected chi connectivity index (χ0v) is 15.8. The van der Waals surface area contributed by atoms with Crippen LogP contribution >= 0.6 is 0 Å². The third kappa shape index (κ3) is 3.04. The van der Waals surface area contributed by atoms with Gasteiger partial charge in [-0.3, -0.25) is 9.89 Å². The molecule has 9 heteroatoms. The number of Topliss-reactive ketones (excluding diaryl/α,β-unsaturated/α-hetero) is 1. The zero-order valence-electron chi connectivity index (χ0n) is 15.8. The molecule has 3 aromatic rings. The maximum atomic E-state index is 14.5. The summed E-state index contributed by atoms with van der Waals surface area (Å²) in [4.78, 5) is 24.6. The second-order valence-corrected chi connectivity index (χ2v) is 7.99. The van der Waals surface area contributed by atoms with Crippen LogP contribution in [0, 0.1) is 29.4 Å². The summed E-state index contributed by atoms with van der Waals surface area (Å²) in [5, 5.41) is 10.4. The summed E-state index contributed by atoms with van der Waals surface area (Å²) in [5.41, 5.74) is 0.688. The number of carbonyl (C=O) groups is 1. The maximum Gasteiger partial charge on any atom is 0.183 e. The molecular formula is C20H20F2N6O. The molecule has 29 heavy (non-hydrogen) atoms. The van der Waals surface area contributed by atoms with Gasteiger partial charge in [0.25, 0.3) is 0 Å². The average Bonchev–Trinajstić information content (AvgIpc) is 3.13. The fourth-order valence-electron chi connectivity index (χ4n) is 5.03. The number of nitrogens with zero attached hydrogens (tertiary/aromatic N) is 4. The van der Waals surface area contributed by atoms with Crippen molar-refractivity contribution in [3.63, 3.8) is 0 Å². The lowest BCUT2D eigenvalue weighted by Gasteiger charge is -2.48. The molecule has 6 rings (SSSR count). The van der Waals surface area contributed by atoms with E-state index >= 15 is 0 Å². The van der Waals surface area contributed by atoms with E-state index in [4.69, 9.17) is 0 Å². The Hall–Kier alpha value is -2.97. The highest BCUT2D eigenvalue weighted by molar-refractivity contribution is 5.88. The summed E-state index contributed by atoms with van der Waals surface area (Å²) in [7, 11) is 0. The molecule has 7 nitrogen and oxygen atoms in total. The number of nitrogens with one attached hydrogen (secondary N) is 2. The lowest BCUT2D eigenvalue weighted by atomic mass is 9.60. The van der Waals surface area contributed by atoms with E-state index in [-0.39, 0.29) is 29.4 Å². The van der Waals surface area contributed by atoms with Crippen molar-refractivity contribution in [2.75, 3.05) is 5.32 Å². The Morgan fingerprint density at radius 3 is 2.66 bits per heavy atom. The highest BCUT2D eigenvalue weighted by atomic mass is 19.1. The molecule has 3 heterocycles. The average molecular weight is 398 g/mol. The Bertz CT molecular complexity index is 1090. The summed E-state index contributed by atoms with van der Waals surface area (Å²) in [6.45, 7) is 1.61. The van der Waals surface area contributed by atoms with Gasteiger partial charge in [0.05, 0.1) is 17.8 Å². The van der Waals surface area contributed by atoms with Gasteiger partial charge < -0.3 is 5.32 Å². The van der Waals surface area contributed by atoms with E-state index in [1.54, 1.807) is 6.92 Å². The van der Waals surface area contributed by atoms with Gasteiger partial charge in [-0.25, -0.2) is 23.7 Å². The van der Waals surface area contributed by atoms with Crippen LogP contribution in [-0.4, -0.2) is 37.0 Å². The smallest absolute Gasteiger partial charge is 0.183 e. The van der Waals surface area contributed by atoms with Crippen molar-refractivity contribution >= 4 is 22.6 Å². The van der Waals surface area contributed by atoms with Crippen LogP contribution < -0.4 is 5.32 Å². The lowest BCUT2D eigenvalue weighted by molar-refractivity contribution is -0.126. The van der Waals surface area contributed by atoms with Gasteiger partial charge in [0, 0.05) is 12.0 Å². The molecule has 2 N–H and O–H groups in total. The third-order valence-corrected chi connectivity index (χ3v) is 6.33. The number of hydrogen-bond acceptors (Lipinski definition) is 6. The third-order valence-electron chi connectivity index (χ3n) is 6.33. The van der Waals surface area contributed by atoms with Gasteiger partial charge in [-0.15, -0.1) is 0 Å². The van der Waals surface area contributed by atoms with Crippen LogP contribution in [0.3, 0.4) is 0 Å². The van der Waals surface area contributed by atoms with Gasteiger partial charge in [0.1, 0.15) is 17.3 Å². The number of ketones is 1. The molecule has 0 aromatic carbocycles. The Morgan fingerprint density at radius 1 is 1.14 bits per heavy atom. The first kappa shape index (κ1) is 18.1. The van der Waals surface area contributed by atoms with Gasteiger partial charge >= 0.3 is 0 Å². The minimum Gasteiger partial charge on any atom is -0.364 e. The molecule has 0 aliphatic heterocycles. The van der Waals surface area contributed by atoms with Crippen molar-refractivity contribution < 1.29 is 13.6 Å². The van der Waals surface area contributed by atoms with E-state index in [1.165, 1.54) is 6.07 Å². The number of fused-ring (bicyclic) bond motifs is 4. The second kappa shape index (κ2) is 6.82. The first-order valence-electron chi connectivity index (χ1n) is 9.81. The lowest BCUT2D eigenvalue weighted by Crippen LogP contribution is -2.51. The molecule has 0 saturated heterocycles. The number of anilines is 1. The van der Waals surface area contributed by atoms with Gasteiger partial charge in [-0.1, -0.05) is 0 Å². The Kier molecular flexibility index (Phi) is 4.25. The van der Waals surface area contributed by atoms with Crippen molar-refractivity contribution in [1.29, 1.82) is 0 Å². The Labute approximate surface area is 165 Å². The van der Waals surface area contributed by atoms with E-state index in [1.807, 2.05) is 0 Å². The zero-order chi connectivity index (χ0) is 20.1. The number of halogens is 2. The number of carbonyl (C=O) groups excluding carboxylic acids is 1. The van der Waals surface area contributed by atoms with Gasteiger partial charge in [0.2, 0.25) is 0 Å². The number of aromatic amines is 1. The van der Waals surface area contributed by atoms with Crippen molar-refractivity contribution in [1.82, 2.24) is 25.1 Å². The molecule has 2 atom stereocenters. The molecule has 3 aromatic heterocycles. The molecule has 2 bridgehead atoms. The van der Waals surface area contributed by atoms with E-state index < -0.39 is 11.6 Å². The molecule has 3 saturated carbocycles. The summed E-state index contributed by atoms with van der Waals surface area (Å²) >= 11 is 0. The minimum absolute atomic E-state index is 0.0410. The van der Waals surface area contributed by atoms with E-state index in [0.717, 1.165) is 38.1 Å². The molecule has 3 aliphatic carbocycles. The van der Waals surface area contributed by atoms with Crippen LogP contribution in [0.4, 0.5) is 14.6 Å². The second-order valence-electron chi connectivity index (χ2n) is 7.99. The molecular weight excluding hydrogens is 378 g/mol. The van der Waals surface area contributed by atoms with Crippen LogP contribution in [-0.2, 0) is 4.79 Å². The van der Waals surface area contributed by atoms with Crippen molar-refractivity contribution in [3.05, 3.63) is 30.1 Å². The van der Waals surface area contributed by atoms with E-state index in [0.29, 0.717) is 28.6 Å². The quantitative estimate of drug-likeness (QED) is 0.698. The number of rotatable bonds is 4. The summed E-state index contributed by atoms with van der Waals surface area (Å²) in [6.07, 6.45) is 6.30. The van der Waals surface area contributed by atoms with E-state index in [2.05, 4.69) is 30.5 Å². The molecule has 150 valence electrons. The topological polar surface area (TPSA) is 96.5 Å². The monoisotopic (exact) mass is 398 g/mol. The van der Waals surface area contributed by atoms with Gasteiger partial charge in [-0.2, -0.15) is 5.10 Å². The molecule has 3 fully saturated rings. The molecule has 0 radical (unpaired) electrons. The number of pyridine rings is 1. The SMILES string of the molecule is CC(=O)[C@H]1C2CCC(CC2)C1Nc1nc(-c2n[nH]c3ncc(F)cc23)ncc1F. The summed E-state index contributed by atoms with van der Waals surface area (Å²) < 4.78 is 28.2. The maximum absolute atomic E-state index is 14.5. The standard InChI is InChI=1S/C20H20F2N6O/c1-9(29)15-10-2-4-11(5-3-10)16(15)25-19-14(22)8-24-20(26-19)17-13-6-12(21)7-23-18(13)28-27-17/h6-8,10-11,15-16H,2-5H2,1H3,(H,23,27,28)(H,24,25,26)/t10?,11?,15-,16?/m0/s1. The van der Waals surface area contributed by atoms with Crippen LogP contribution in [0.2, 0.25) is 0 Å². The minimum atomic E-state index is -0.596. The highest BCUT2D eigenvalue weighted by Crippen LogP contribution is 2.46. The number of aromatic nitrogens is 5. The molecule has 3 aliphatic rings.